The second-order valence-electron chi connectivity index (χ2n) is 11.4. The smallest absolute Gasteiger partial charge is 0.264 e. The SMILES string of the molecule is Nc1ccc(-c2ccc(N)c(OCCCCCCCCCCS(=O)(=O)O)c2)cc1OCCCCCCCCCCS(=O)(=O)O. The summed E-state index contributed by atoms with van der Waals surface area (Å²) >= 11 is 0. The number of nitrogen functional groups attached to an aromatic ring is 2. The molecule has 0 aliphatic carbocycles. The average Bonchev–Trinajstić information content (AvgIpc) is 2.95. The minimum atomic E-state index is -3.84. The van der Waals surface area contributed by atoms with Gasteiger partial charge in [-0.3, -0.25) is 9.11 Å². The summed E-state index contributed by atoms with van der Waals surface area (Å²) < 4.78 is 72.4. The topological polar surface area (TPSA) is 179 Å². The van der Waals surface area contributed by atoms with Crippen LogP contribution < -0.4 is 20.9 Å². The number of ether oxygens (including phenoxy) is 2. The van der Waals surface area contributed by atoms with E-state index in [-0.39, 0.29) is 11.5 Å². The normalized spacial score (nSPS) is 12.0. The van der Waals surface area contributed by atoms with Gasteiger partial charge in [0.15, 0.2) is 0 Å². The molecule has 0 saturated heterocycles. The molecule has 0 saturated carbocycles. The van der Waals surface area contributed by atoms with Crippen LogP contribution in [0.5, 0.6) is 11.5 Å². The van der Waals surface area contributed by atoms with Gasteiger partial charge in [0.25, 0.3) is 20.2 Å². The molecular formula is C32H52N2O8S2. The van der Waals surface area contributed by atoms with Crippen LogP contribution in [0.15, 0.2) is 36.4 Å². The van der Waals surface area contributed by atoms with Crippen molar-refractivity contribution in [2.45, 2.75) is 103 Å². The van der Waals surface area contributed by atoms with Crippen LogP contribution in [0.2, 0.25) is 0 Å². The Morgan fingerprint density at radius 2 is 0.773 bits per heavy atom. The van der Waals surface area contributed by atoms with E-state index in [2.05, 4.69) is 0 Å². The maximum absolute atomic E-state index is 10.7. The number of hydrogen-bond acceptors (Lipinski definition) is 8. The Bertz CT molecular complexity index is 1220. The molecule has 0 heterocycles. The van der Waals surface area contributed by atoms with Crippen LogP contribution in [-0.2, 0) is 20.2 Å². The van der Waals surface area contributed by atoms with E-state index in [1.807, 2.05) is 36.4 Å². The summed E-state index contributed by atoms with van der Waals surface area (Å²) in [5, 5.41) is 0. The van der Waals surface area contributed by atoms with Crippen molar-refractivity contribution in [2.24, 2.45) is 0 Å². The van der Waals surface area contributed by atoms with Gasteiger partial charge >= 0.3 is 0 Å². The molecule has 0 bridgehead atoms. The molecule has 250 valence electrons. The predicted molar refractivity (Wildman–Crippen MR) is 178 cm³/mol. The Labute approximate surface area is 264 Å². The lowest BCUT2D eigenvalue weighted by Crippen LogP contribution is -2.03. The molecule has 2 aromatic rings. The van der Waals surface area contributed by atoms with Gasteiger partial charge in [-0.2, -0.15) is 16.8 Å². The van der Waals surface area contributed by atoms with Gasteiger partial charge in [-0.05, 0) is 61.1 Å². The van der Waals surface area contributed by atoms with Crippen LogP contribution >= 0.6 is 0 Å². The standard InChI is InChI=1S/C32H52N2O8S2/c33-29-19-17-27(25-31(29)41-21-13-9-5-1-3-7-11-15-23-43(35,36)37)28-18-20-30(34)32(26-28)42-22-14-10-6-2-4-8-12-16-24-44(38,39)40/h17-20,25-26H,1-16,21-24,33-34H2,(H,35,36,37)(H,38,39,40). The zero-order valence-electron chi connectivity index (χ0n) is 25.9. The van der Waals surface area contributed by atoms with Crippen LogP contribution in [0.4, 0.5) is 11.4 Å². The Morgan fingerprint density at radius 1 is 0.477 bits per heavy atom. The predicted octanol–water partition coefficient (Wildman–Crippen LogP) is 7.29. The van der Waals surface area contributed by atoms with Gasteiger partial charge in [0.2, 0.25) is 0 Å². The van der Waals surface area contributed by atoms with Gasteiger partial charge in [0, 0.05) is 0 Å². The molecule has 0 aromatic heterocycles. The highest BCUT2D eigenvalue weighted by Crippen LogP contribution is 2.33. The second kappa shape index (κ2) is 20.5. The number of rotatable bonds is 25. The first kappa shape index (κ1) is 37.6. The zero-order valence-corrected chi connectivity index (χ0v) is 27.6. The maximum Gasteiger partial charge on any atom is 0.264 e. The van der Waals surface area contributed by atoms with E-state index in [4.69, 9.17) is 30.0 Å². The molecule has 6 N–H and O–H groups in total. The van der Waals surface area contributed by atoms with Gasteiger partial charge in [-0.15, -0.1) is 0 Å². The molecule has 0 atom stereocenters. The van der Waals surface area contributed by atoms with Crippen molar-refractivity contribution in [3.05, 3.63) is 36.4 Å². The Balaban J connectivity index is 1.66. The van der Waals surface area contributed by atoms with E-state index in [1.54, 1.807) is 0 Å². The van der Waals surface area contributed by atoms with Gasteiger partial charge in [-0.25, -0.2) is 0 Å². The zero-order chi connectivity index (χ0) is 32.3. The fourth-order valence-corrected chi connectivity index (χ4v) is 6.07. The Morgan fingerprint density at radius 3 is 1.09 bits per heavy atom. The van der Waals surface area contributed by atoms with Gasteiger partial charge in [0.1, 0.15) is 11.5 Å². The molecular weight excluding hydrogens is 604 g/mol. The molecule has 2 rings (SSSR count). The molecule has 12 heteroatoms. The van der Waals surface area contributed by atoms with Crippen LogP contribution in [0, 0.1) is 0 Å². The van der Waals surface area contributed by atoms with Crippen molar-refractivity contribution in [3.63, 3.8) is 0 Å². The second-order valence-corrected chi connectivity index (χ2v) is 14.6. The third-order valence-corrected chi connectivity index (χ3v) is 9.08. The van der Waals surface area contributed by atoms with E-state index < -0.39 is 20.2 Å². The summed E-state index contributed by atoms with van der Waals surface area (Å²) in [6, 6.07) is 11.5. The first-order valence-corrected chi connectivity index (χ1v) is 19.1. The number of nitrogens with two attached hydrogens (primary N) is 2. The van der Waals surface area contributed by atoms with Crippen LogP contribution in [0.3, 0.4) is 0 Å². The third kappa shape index (κ3) is 17.7. The minimum Gasteiger partial charge on any atom is -0.491 e. The van der Waals surface area contributed by atoms with E-state index in [0.717, 1.165) is 101 Å². The van der Waals surface area contributed by atoms with Gasteiger partial charge < -0.3 is 20.9 Å². The fourth-order valence-electron chi connectivity index (χ4n) is 4.94. The van der Waals surface area contributed by atoms with Crippen LogP contribution in [-0.4, -0.2) is 50.7 Å². The lowest BCUT2D eigenvalue weighted by molar-refractivity contribution is 0.305. The maximum atomic E-state index is 10.7. The Kier molecular flexibility index (Phi) is 17.5. The number of anilines is 2. The first-order valence-electron chi connectivity index (χ1n) is 15.9. The summed E-state index contributed by atoms with van der Waals surface area (Å²) in [5.74, 6) is 0.997. The molecule has 2 aromatic carbocycles. The molecule has 44 heavy (non-hydrogen) atoms. The van der Waals surface area contributed by atoms with Crippen LogP contribution in [0.1, 0.15) is 103 Å². The molecule has 0 amide bonds. The van der Waals surface area contributed by atoms with Crippen molar-refractivity contribution in [2.75, 3.05) is 36.2 Å². The number of hydrogen-bond donors (Lipinski definition) is 4. The number of benzene rings is 2. The lowest BCUT2D eigenvalue weighted by atomic mass is 10.0. The highest BCUT2D eigenvalue weighted by Gasteiger charge is 2.09. The molecule has 0 aliphatic rings. The van der Waals surface area contributed by atoms with Crippen molar-refractivity contribution >= 4 is 31.6 Å². The fraction of sp³-hybridized carbons (Fsp3) is 0.625. The average molecular weight is 657 g/mol. The van der Waals surface area contributed by atoms with Crippen molar-refractivity contribution < 1.29 is 35.4 Å². The summed E-state index contributed by atoms with van der Waals surface area (Å²) in [4.78, 5) is 0. The minimum absolute atomic E-state index is 0.153. The van der Waals surface area contributed by atoms with Gasteiger partial charge in [0.05, 0.1) is 36.1 Å². The summed E-state index contributed by atoms with van der Waals surface area (Å²) in [6.07, 6.45) is 15.0. The largest absolute Gasteiger partial charge is 0.491 e. The number of unbranched alkanes of at least 4 members (excludes halogenated alkanes) is 14. The summed E-state index contributed by atoms with van der Waals surface area (Å²) in [5.41, 5.74) is 15.5. The molecule has 0 spiro atoms. The van der Waals surface area contributed by atoms with Gasteiger partial charge in [-0.1, -0.05) is 89.2 Å². The Hall–Kier alpha value is -2.54. The van der Waals surface area contributed by atoms with E-state index in [1.165, 1.54) is 0 Å². The monoisotopic (exact) mass is 656 g/mol. The quantitative estimate of drug-likeness (QED) is 0.0481. The van der Waals surface area contributed by atoms with Crippen molar-refractivity contribution in [1.82, 2.24) is 0 Å². The van der Waals surface area contributed by atoms with Crippen molar-refractivity contribution in [3.8, 4) is 22.6 Å². The summed E-state index contributed by atoms with van der Waals surface area (Å²) in [7, 11) is -7.68. The molecule has 0 radical (unpaired) electrons. The summed E-state index contributed by atoms with van der Waals surface area (Å²) in [6.45, 7) is 1.15. The first-order chi connectivity index (χ1) is 20.9. The molecule has 0 unspecified atom stereocenters. The molecule has 0 fully saturated rings. The highest BCUT2D eigenvalue weighted by molar-refractivity contribution is 7.86. The lowest BCUT2D eigenvalue weighted by Gasteiger charge is -2.13. The van der Waals surface area contributed by atoms with E-state index in [0.29, 0.717) is 48.9 Å². The third-order valence-electron chi connectivity index (χ3n) is 7.47. The molecule has 10 nitrogen and oxygen atoms in total. The molecule has 0 aliphatic heterocycles. The van der Waals surface area contributed by atoms with E-state index >= 15 is 0 Å². The van der Waals surface area contributed by atoms with E-state index in [9.17, 15) is 16.8 Å². The highest BCUT2D eigenvalue weighted by atomic mass is 32.2. The van der Waals surface area contributed by atoms with Crippen molar-refractivity contribution in [1.29, 1.82) is 0 Å². The van der Waals surface area contributed by atoms with Crippen LogP contribution in [0.25, 0.3) is 11.1 Å².